The molecule has 124 valence electrons. The van der Waals surface area contributed by atoms with Crippen molar-refractivity contribution < 1.29 is 19.0 Å². The van der Waals surface area contributed by atoms with Gasteiger partial charge in [-0.3, -0.25) is 4.79 Å². The molecular formula is C15H23ClN2O4. The van der Waals surface area contributed by atoms with Gasteiger partial charge in [-0.1, -0.05) is 12.1 Å². The first-order chi connectivity index (χ1) is 10.3. The highest BCUT2D eigenvalue weighted by molar-refractivity contribution is 5.95. The Labute approximate surface area is 136 Å². The standard InChI is InChI=1S/C15H22N2O4.ClH/c1-19-8-4-9-20-13-6-3-2-5-12(13)17-15(18)14-11-16-7-10-21-14;/h2-3,5-6,14,16H,4,7-11H2,1H3,(H,17,18);1H. The van der Waals surface area contributed by atoms with Crippen LogP contribution in [0.5, 0.6) is 5.75 Å². The third kappa shape index (κ3) is 5.81. The van der Waals surface area contributed by atoms with Crippen molar-refractivity contribution in [1.82, 2.24) is 5.32 Å². The first-order valence-electron chi connectivity index (χ1n) is 7.15. The molecule has 1 aliphatic rings. The van der Waals surface area contributed by atoms with Crippen LogP contribution < -0.4 is 15.4 Å². The van der Waals surface area contributed by atoms with Crippen molar-refractivity contribution in [2.24, 2.45) is 0 Å². The molecule has 0 bridgehead atoms. The van der Waals surface area contributed by atoms with Crippen LogP contribution in [0.4, 0.5) is 5.69 Å². The van der Waals surface area contributed by atoms with Crippen LogP contribution in [0.2, 0.25) is 0 Å². The molecule has 6 nitrogen and oxygen atoms in total. The minimum Gasteiger partial charge on any atom is -0.491 e. The summed E-state index contributed by atoms with van der Waals surface area (Å²) in [5, 5.41) is 5.99. The summed E-state index contributed by atoms with van der Waals surface area (Å²) in [5.74, 6) is 0.501. The van der Waals surface area contributed by atoms with Crippen molar-refractivity contribution >= 4 is 24.0 Å². The van der Waals surface area contributed by atoms with E-state index >= 15 is 0 Å². The lowest BCUT2D eigenvalue weighted by Gasteiger charge is -2.23. The lowest BCUT2D eigenvalue weighted by Crippen LogP contribution is -2.45. The lowest BCUT2D eigenvalue weighted by molar-refractivity contribution is -0.128. The Bertz CT molecular complexity index is 453. The number of carbonyl (C=O) groups excluding carboxylic acids is 1. The second-order valence-electron chi connectivity index (χ2n) is 4.74. The summed E-state index contributed by atoms with van der Waals surface area (Å²) >= 11 is 0. The fraction of sp³-hybridized carbons (Fsp3) is 0.533. The Morgan fingerprint density at radius 1 is 1.41 bits per heavy atom. The molecule has 1 amide bonds. The first kappa shape index (κ1) is 18.7. The summed E-state index contributed by atoms with van der Waals surface area (Å²) in [4.78, 5) is 12.1. The molecule has 1 saturated heterocycles. The molecule has 7 heteroatoms. The van der Waals surface area contributed by atoms with E-state index in [0.717, 1.165) is 13.0 Å². The number of methoxy groups -OCH3 is 1. The quantitative estimate of drug-likeness (QED) is 0.741. The zero-order valence-corrected chi connectivity index (χ0v) is 13.5. The fourth-order valence-electron chi connectivity index (χ4n) is 2.03. The highest BCUT2D eigenvalue weighted by atomic mass is 35.5. The van der Waals surface area contributed by atoms with Crippen molar-refractivity contribution in [2.45, 2.75) is 12.5 Å². The van der Waals surface area contributed by atoms with E-state index < -0.39 is 6.10 Å². The second kappa shape index (κ2) is 10.4. The summed E-state index contributed by atoms with van der Waals surface area (Å²) < 4.78 is 16.1. The molecule has 1 aromatic carbocycles. The van der Waals surface area contributed by atoms with Gasteiger partial charge in [-0.2, -0.15) is 0 Å². The van der Waals surface area contributed by atoms with Crippen molar-refractivity contribution in [3.05, 3.63) is 24.3 Å². The SMILES string of the molecule is COCCCOc1ccccc1NC(=O)C1CNCCO1.Cl. The molecule has 1 unspecified atom stereocenters. The van der Waals surface area contributed by atoms with Crippen molar-refractivity contribution in [3.8, 4) is 5.75 Å². The number of ether oxygens (including phenoxy) is 3. The molecule has 0 radical (unpaired) electrons. The minimum absolute atomic E-state index is 0. The van der Waals surface area contributed by atoms with E-state index in [0.29, 0.717) is 37.8 Å². The number of nitrogens with one attached hydrogen (secondary N) is 2. The summed E-state index contributed by atoms with van der Waals surface area (Å²) in [7, 11) is 1.66. The number of halogens is 1. The minimum atomic E-state index is -0.458. The topological polar surface area (TPSA) is 68.8 Å². The molecule has 0 aromatic heterocycles. The van der Waals surface area contributed by atoms with Gasteiger partial charge in [0.15, 0.2) is 0 Å². The average Bonchev–Trinajstić information content (AvgIpc) is 2.54. The first-order valence-corrected chi connectivity index (χ1v) is 7.15. The van der Waals surface area contributed by atoms with Gasteiger partial charge in [0.25, 0.3) is 5.91 Å². The molecule has 2 N–H and O–H groups in total. The zero-order chi connectivity index (χ0) is 14.9. The Balaban J connectivity index is 0.00000242. The van der Waals surface area contributed by atoms with Crippen molar-refractivity contribution in [2.75, 3.05) is 45.3 Å². The number of hydrogen-bond acceptors (Lipinski definition) is 5. The van der Waals surface area contributed by atoms with Gasteiger partial charge in [-0.15, -0.1) is 12.4 Å². The molecule has 1 aliphatic heterocycles. The molecule has 1 atom stereocenters. The molecule has 1 aromatic rings. The van der Waals surface area contributed by atoms with E-state index in [1.54, 1.807) is 7.11 Å². The number of para-hydroxylation sites is 2. The van der Waals surface area contributed by atoms with E-state index in [4.69, 9.17) is 14.2 Å². The smallest absolute Gasteiger partial charge is 0.254 e. The number of amides is 1. The van der Waals surface area contributed by atoms with E-state index in [1.807, 2.05) is 24.3 Å². The predicted octanol–water partition coefficient (Wildman–Crippen LogP) is 1.45. The van der Waals surface area contributed by atoms with Crippen molar-refractivity contribution in [1.29, 1.82) is 0 Å². The maximum atomic E-state index is 12.1. The molecule has 2 rings (SSSR count). The average molecular weight is 331 g/mol. The Morgan fingerprint density at radius 2 is 2.23 bits per heavy atom. The predicted molar refractivity (Wildman–Crippen MR) is 86.9 cm³/mol. The van der Waals surface area contributed by atoms with E-state index in [-0.39, 0.29) is 18.3 Å². The lowest BCUT2D eigenvalue weighted by atomic mass is 10.2. The van der Waals surface area contributed by atoms with Crippen LogP contribution in [0.1, 0.15) is 6.42 Å². The maximum Gasteiger partial charge on any atom is 0.254 e. The molecule has 1 heterocycles. The van der Waals surface area contributed by atoms with E-state index in [1.165, 1.54) is 0 Å². The molecule has 1 fully saturated rings. The normalized spacial score (nSPS) is 17.4. The highest BCUT2D eigenvalue weighted by Crippen LogP contribution is 2.24. The summed E-state index contributed by atoms with van der Waals surface area (Å²) in [5.41, 5.74) is 0.661. The number of anilines is 1. The van der Waals surface area contributed by atoms with Crippen LogP contribution in [0.15, 0.2) is 24.3 Å². The third-order valence-electron chi connectivity index (χ3n) is 3.12. The summed E-state index contributed by atoms with van der Waals surface area (Å²) in [6, 6.07) is 7.39. The van der Waals surface area contributed by atoms with Gasteiger partial charge in [0.1, 0.15) is 11.9 Å². The molecule has 0 saturated carbocycles. The van der Waals surface area contributed by atoms with Crippen LogP contribution in [-0.2, 0) is 14.3 Å². The van der Waals surface area contributed by atoms with Gasteiger partial charge in [-0.05, 0) is 12.1 Å². The monoisotopic (exact) mass is 330 g/mol. The van der Waals surface area contributed by atoms with Gasteiger partial charge in [0.2, 0.25) is 0 Å². The maximum absolute atomic E-state index is 12.1. The molecule has 22 heavy (non-hydrogen) atoms. The van der Waals surface area contributed by atoms with Crippen LogP contribution in [0, 0.1) is 0 Å². The highest BCUT2D eigenvalue weighted by Gasteiger charge is 2.22. The zero-order valence-electron chi connectivity index (χ0n) is 12.7. The number of carbonyl (C=O) groups is 1. The number of benzene rings is 1. The van der Waals surface area contributed by atoms with Crippen LogP contribution in [-0.4, -0.2) is 52.0 Å². The molecule has 0 aliphatic carbocycles. The van der Waals surface area contributed by atoms with Crippen LogP contribution in [0.25, 0.3) is 0 Å². The third-order valence-corrected chi connectivity index (χ3v) is 3.12. The van der Waals surface area contributed by atoms with E-state index in [2.05, 4.69) is 10.6 Å². The number of hydrogen-bond donors (Lipinski definition) is 2. The number of rotatable bonds is 7. The summed E-state index contributed by atoms with van der Waals surface area (Å²) in [6.07, 6.45) is 0.342. The molecular weight excluding hydrogens is 308 g/mol. The molecule has 0 spiro atoms. The Hall–Kier alpha value is -1.34. The van der Waals surface area contributed by atoms with Gasteiger partial charge in [-0.25, -0.2) is 0 Å². The summed E-state index contributed by atoms with van der Waals surface area (Å²) in [6.45, 7) is 3.05. The number of morpholine rings is 1. The van der Waals surface area contributed by atoms with Crippen LogP contribution >= 0.6 is 12.4 Å². The van der Waals surface area contributed by atoms with E-state index in [9.17, 15) is 4.79 Å². The van der Waals surface area contributed by atoms with Gasteiger partial charge < -0.3 is 24.8 Å². The Morgan fingerprint density at radius 3 is 2.95 bits per heavy atom. The fourth-order valence-corrected chi connectivity index (χ4v) is 2.03. The Kier molecular flexibility index (Phi) is 8.84. The van der Waals surface area contributed by atoms with Crippen LogP contribution in [0.3, 0.4) is 0 Å². The van der Waals surface area contributed by atoms with Crippen molar-refractivity contribution in [3.63, 3.8) is 0 Å². The second-order valence-corrected chi connectivity index (χ2v) is 4.74. The van der Waals surface area contributed by atoms with Gasteiger partial charge in [0, 0.05) is 33.2 Å². The van der Waals surface area contributed by atoms with Gasteiger partial charge >= 0.3 is 0 Å². The van der Waals surface area contributed by atoms with Gasteiger partial charge in [0.05, 0.1) is 18.9 Å². The largest absolute Gasteiger partial charge is 0.491 e.